The third-order valence-electron chi connectivity index (χ3n) is 13.5. The number of anilines is 3. The highest BCUT2D eigenvalue weighted by Gasteiger charge is 2.38. The second-order valence-corrected chi connectivity index (χ2v) is 17.7. The maximum atomic E-state index is 2.47. The molecule has 0 unspecified atom stereocenters. The average molecular weight is 782 g/mol. The van der Waals surface area contributed by atoms with E-state index in [0.29, 0.717) is 0 Å². The lowest BCUT2D eigenvalue weighted by molar-refractivity contribution is 0.660. The Labute approximate surface area is 360 Å². The Kier molecular flexibility index (Phi) is 8.58. The fourth-order valence-corrected chi connectivity index (χ4v) is 10.5. The van der Waals surface area contributed by atoms with Crippen molar-refractivity contribution in [3.05, 3.63) is 235 Å². The highest BCUT2D eigenvalue weighted by Crippen LogP contribution is 2.54. The summed E-state index contributed by atoms with van der Waals surface area (Å²) in [5.74, 6) is 0. The lowest BCUT2D eigenvalue weighted by atomic mass is 9.78. The molecule has 11 rings (SSSR count). The van der Waals surface area contributed by atoms with Crippen LogP contribution < -0.4 is 4.90 Å². The molecule has 0 aromatic heterocycles. The molecule has 2 aliphatic rings. The maximum absolute atomic E-state index is 2.47. The molecular weight excluding hydrogens is 735 g/mol. The first-order valence-corrected chi connectivity index (χ1v) is 21.5. The van der Waals surface area contributed by atoms with Gasteiger partial charge >= 0.3 is 0 Å². The largest absolute Gasteiger partial charge is 0.310 e. The fourth-order valence-electron chi connectivity index (χ4n) is 10.5. The highest BCUT2D eigenvalue weighted by molar-refractivity contribution is 5.96. The zero-order valence-electron chi connectivity index (χ0n) is 35.2. The van der Waals surface area contributed by atoms with Gasteiger partial charge in [0.15, 0.2) is 0 Å². The molecule has 61 heavy (non-hydrogen) atoms. The van der Waals surface area contributed by atoms with Gasteiger partial charge in [-0.3, -0.25) is 0 Å². The molecular formula is C60H47N. The number of benzene rings is 9. The van der Waals surface area contributed by atoms with Crippen molar-refractivity contribution in [2.24, 2.45) is 0 Å². The molecule has 0 heterocycles. The molecule has 9 aromatic carbocycles. The molecule has 9 aromatic rings. The molecule has 0 fully saturated rings. The van der Waals surface area contributed by atoms with Crippen LogP contribution in [0.1, 0.15) is 49.9 Å². The molecule has 1 heteroatoms. The summed E-state index contributed by atoms with van der Waals surface area (Å²) in [6.45, 7) is 9.48. The Bertz CT molecular complexity index is 3120. The van der Waals surface area contributed by atoms with Crippen LogP contribution >= 0.6 is 0 Å². The lowest BCUT2D eigenvalue weighted by Gasteiger charge is -2.31. The minimum Gasteiger partial charge on any atom is -0.310 e. The Hall–Kier alpha value is -7.22. The summed E-state index contributed by atoms with van der Waals surface area (Å²) in [5, 5.41) is 0. The van der Waals surface area contributed by atoms with E-state index in [4.69, 9.17) is 0 Å². The molecule has 0 spiro atoms. The smallest absolute Gasteiger partial charge is 0.0540 e. The molecule has 0 amide bonds. The van der Waals surface area contributed by atoms with Crippen LogP contribution in [0.5, 0.6) is 0 Å². The summed E-state index contributed by atoms with van der Waals surface area (Å²) in [4.78, 5) is 2.47. The first kappa shape index (κ1) is 36.8. The van der Waals surface area contributed by atoms with Gasteiger partial charge in [-0.2, -0.15) is 0 Å². The number of hydrogen-bond donors (Lipinski definition) is 0. The van der Waals surface area contributed by atoms with E-state index >= 15 is 0 Å². The minimum atomic E-state index is -0.161. The molecule has 1 nitrogen and oxygen atoms in total. The molecule has 0 radical (unpaired) electrons. The highest BCUT2D eigenvalue weighted by atomic mass is 15.1. The van der Waals surface area contributed by atoms with Crippen molar-refractivity contribution in [1.82, 2.24) is 0 Å². The molecule has 0 aliphatic heterocycles. The standard InChI is InChI=1S/C60H47N/c1-59(2)54-27-14-11-22-47(54)49-36-32-43(38-56(49)59)40-30-33-44(34-31-40)61(45-35-37-46(41-18-7-5-8-19-41)53(39-45)42-20-9-6-10-21-42)57-29-16-13-24-50(57)52-26-17-25-51-48-23-12-15-28-55(48)60(3,4)58(51)52/h5-39H,1-4H3. The van der Waals surface area contributed by atoms with E-state index in [1.165, 1.54) is 89.0 Å². The van der Waals surface area contributed by atoms with E-state index in [1.54, 1.807) is 0 Å². The third kappa shape index (κ3) is 5.91. The number of nitrogens with zero attached hydrogens (tertiary/aromatic N) is 1. The van der Waals surface area contributed by atoms with Crippen LogP contribution in [0, 0.1) is 0 Å². The maximum Gasteiger partial charge on any atom is 0.0540 e. The van der Waals surface area contributed by atoms with Gasteiger partial charge in [0.25, 0.3) is 0 Å². The van der Waals surface area contributed by atoms with Gasteiger partial charge in [0.2, 0.25) is 0 Å². The van der Waals surface area contributed by atoms with Crippen LogP contribution in [0.25, 0.3) is 66.8 Å². The predicted molar refractivity (Wildman–Crippen MR) is 258 cm³/mol. The fraction of sp³-hybridized carbons (Fsp3) is 0.100. The van der Waals surface area contributed by atoms with Gasteiger partial charge in [-0.15, -0.1) is 0 Å². The van der Waals surface area contributed by atoms with Gasteiger partial charge in [-0.05, 0) is 120 Å². The van der Waals surface area contributed by atoms with E-state index in [2.05, 4.69) is 245 Å². The van der Waals surface area contributed by atoms with Crippen LogP contribution in [0.15, 0.2) is 212 Å². The lowest BCUT2D eigenvalue weighted by Crippen LogP contribution is -2.17. The van der Waals surface area contributed by atoms with Gasteiger partial charge in [0, 0.05) is 27.8 Å². The molecule has 292 valence electrons. The first-order chi connectivity index (χ1) is 29.8. The average Bonchev–Trinajstić information content (AvgIpc) is 3.69. The number of rotatable bonds is 7. The summed E-state index contributed by atoms with van der Waals surface area (Å²) in [7, 11) is 0. The van der Waals surface area contributed by atoms with E-state index in [1.807, 2.05) is 0 Å². The second kappa shape index (κ2) is 14.2. The summed E-state index contributed by atoms with van der Waals surface area (Å²) < 4.78 is 0. The van der Waals surface area contributed by atoms with Gasteiger partial charge < -0.3 is 4.90 Å². The van der Waals surface area contributed by atoms with Gasteiger partial charge in [-0.25, -0.2) is 0 Å². The van der Waals surface area contributed by atoms with Gasteiger partial charge in [0.05, 0.1) is 5.69 Å². The Balaban J connectivity index is 1.09. The second-order valence-electron chi connectivity index (χ2n) is 17.7. The van der Waals surface area contributed by atoms with Crippen molar-refractivity contribution in [2.75, 3.05) is 4.90 Å². The molecule has 0 saturated carbocycles. The zero-order chi connectivity index (χ0) is 41.3. The zero-order valence-corrected chi connectivity index (χ0v) is 35.2. The van der Waals surface area contributed by atoms with E-state index < -0.39 is 0 Å². The van der Waals surface area contributed by atoms with E-state index in [9.17, 15) is 0 Å². The van der Waals surface area contributed by atoms with E-state index in [-0.39, 0.29) is 10.8 Å². The summed E-state index contributed by atoms with van der Waals surface area (Å²) in [6, 6.07) is 78.5. The van der Waals surface area contributed by atoms with Crippen LogP contribution in [0.4, 0.5) is 17.1 Å². The van der Waals surface area contributed by atoms with Crippen LogP contribution in [-0.4, -0.2) is 0 Å². The monoisotopic (exact) mass is 781 g/mol. The first-order valence-electron chi connectivity index (χ1n) is 21.5. The number of hydrogen-bond acceptors (Lipinski definition) is 1. The van der Waals surface area contributed by atoms with Crippen LogP contribution in [0.2, 0.25) is 0 Å². The normalized spacial score (nSPS) is 13.8. The molecule has 0 atom stereocenters. The summed E-state index contributed by atoms with van der Waals surface area (Å²) in [5.41, 5.74) is 23.7. The Morgan fingerprint density at radius 2 is 0.754 bits per heavy atom. The number of para-hydroxylation sites is 1. The van der Waals surface area contributed by atoms with Crippen molar-refractivity contribution >= 4 is 17.1 Å². The number of fused-ring (bicyclic) bond motifs is 6. The summed E-state index contributed by atoms with van der Waals surface area (Å²) >= 11 is 0. The van der Waals surface area contributed by atoms with E-state index in [0.717, 1.165) is 17.1 Å². The van der Waals surface area contributed by atoms with Crippen molar-refractivity contribution in [1.29, 1.82) is 0 Å². The third-order valence-corrected chi connectivity index (χ3v) is 13.5. The molecule has 0 bridgehead atoms. The SMILES string of the molecule is CC1(C)c2ccccc2-c2ccc(-c3ccc(N(c4ccc(-c5ccccc5)c(-c5ccccc5)c4)c4ccccc4-c4cccc5c4C(C)(C)c4ccccc4-5)cc3)cc21. The van der Waals surface area contributed by atoms with Crippen LogP contribution in [0.3, 0.4) is 0 Å². The van der Waals surface area contributed by atoms with Crippen LogP contribution in [-0.2, 0) is 10.8 Å². The summed E-state index contributed by atoms with van der Waals surface area (Å²) in [6.07, 6.45) is 0. The topological polar surface area (TPSA) is 3.24 Å². The van der Waals surface area contributed by atoms with Gasteiger partial charge in [-0.1, -0.05) is 204 Å². The molecule has 2 aliphatic carbocycles. The van der Waals surface area contributed by atoms with Crippen molar-refractivity contribution in [3.63, 3.8) is 0 Å². The van der Waals surface area contributed by atoms with Gasteiger partial charge in [0.1, 0.15) is 0 Å². The molecule has 0 N–H and O–H groups in total. The van der Waals surface area contributed by atoms with Crippen molar-refractivity contribution < 1.29 is 0 Å². The Morgan fingerprint density at radius 3 is 1.44 bits per heavy atom. The van der Waals surface area contributed by atoms with Crippen molar-refractivity contribution in [2.45, 2.75) is 38.5 Å². The Morgan fingerprint density at radius 1 is 0.279 bits per heavy atom. The minimum absolute atomic E-state index is 0.0572. The molecule has 0 saturated heterocycles. The quantitative estimate of drug-likeness (QED) is 0.156. The predicted octanol–water partition coefficient (Wildman–Crippen LogP) is 16.4. The van der Waals surface area contributed by atoms with Crippen molar-refractivity contribution in [3.8, 4) is 66.8 Å².